The highest BCUT2D eigenvalue weighted by molar-refractivity contribution is 5.88. The van der Waals surface area contributed by atoms with Gasteiger partial charge in [-0.3, -0.25) is 14.4 Å². The van der Waals surface area contributed by atoms with Gasteiger partial charge in [-0.1, -0.05) is 24.3 Å². The average molecular weight is 329 g/mol. The topological polar surface area (TPSA) is 78.5 Å². The maximum atomic E-state index is 12.4. The van der Waals surface area contributed by atoms with Gasteiger partial charge >= 0.3 is 0 Å². The van der Waals surface area contributed by atoms with E-state index in [0.717, 1.165) is 11.1 Å². The largest absolute Gasteiger partial charge is 0.355 e. The van der Waals surface area contributed by atoms with Crippen molar-refractivity contribution in [3.8, 4) is 0 Å². The van der Waals surface area contributed by atoms with Crippen LogP contribution in [-0.2, 0) is 14.4 Å². The molecule has 0 saturated heterocycles. The second-order valence-electron chi connectivity index (χ2n) is 5.77. The van der Waals surface area contributed by atoms with E-state index in [4.69, 9.17) is 0 Å². The Morgan fingerprint density at radius 2 is 1.96 bits per heavy atom. The summed E-state index contributed by atoms with van der Waals surface area (Å²) in [5.74, 6) is -0.622. The van der Waals surface area contributed by atoms with Gasteiger partial charge in [0.25, 0.3) is 0 Å². The van der Waals surface area contributed by atoms with Crippen LogP contribution >= 0.6 is 0 Å². The monoisotopic (exact) mass is 329 g/mol. The van der Waals surface area contributed by atoms with Crippen molar-refractivity contribution in [3.63, 3.8) is 0 Å². The van der Waals surface area contributed by atoms with E-state index in [9.17, 15) is 14.4 Å². The maximum Gasteiger partial charge on any atom is 0.242 e. The number of nitrogens with zero attached hydrogens (tertiary/aromatic N) is 1. The molecule has 1 aliphatic rings. The number of fused-ring (bicyclic) bond motifs is 1. The molecular weight excluding hydrogens is 306 g/mol. The summed E-state index contributed by atoms with van der Waals surface area (Å²) in [5.41, 5.74) is 1.92. The van der Waals surface area contributed by atoms with E-state index < -0.39 is 6.04 Å². The summed E-state index contributed by atoms with van der Waals surface area (Å²) in [4.78, 5) is 37.5. The van der Waals surface area contributed by atoms with Crippen LogP contribution in [0.1, 0.15) is 44.4 Å². The van der Waals surface area contributed by atoms with E-state index in [1.165, 1.54) is 6.92 Å². The number of amides is 3. The molecule has 3 amide bonds. The first kappa shape index (κ1) is 17.7. The molecule has 0 bridgehead atoms. The van der Waals surface area contributed by atoms with Gasteiger partial charge in [0, 0.05) is 19.7 Å². The Balaban J connectivity index is 2.13. The first-order chi connectivity index (χ1) is 11.4. The van der Waals surface area contributed by atoms with E-state index in [0.29, 0.717) is 6.54 Å². The van der Waals surface area contributed by atoms with Crippen molar-refractivity contribution in [2.75, 3.05) is 6.54 Å². The zero-order valence-electron chi connectivity index (χ0n) is 14.2. The lowest BCUT2D eigenvalue weighted by Crippen LogP contribution is -2.45. The summed E-state index contributed by atoms with van der Waals surface area (Å²) >= 11 is 0. The lowest BCUT2D eigenvalue weighted by molar-refractivity contribution is -0.132. The van der Waals surface area contributed by atoms with Crippen LogP contribution in [0, 0.1) is 0 Å². The van der Waals surface area contributed by atoms with Gasteiger partial charge < -0.3 is 15.5 Å². The standard InChI is InChI=1S/C18H23N3O3/c1-4-19-18(24)12(2)20-17(23)11-16-15-8-6-5-7-14(15)9-10-21(16)13(3)22/h5-10,12,16H,4,11H2,1-3H3,(H,19,24)(H,20,23)/t12-,16+/m1/s1. The van der Waals surface area contributed by atoms with E-state index in [1.807, 2.05) is 37.3 Å². The van der Waals surface area contributed by atoms with Crippen LogP contribution in [0.2, 0.25) is 0 Å². The molecule has 0 unspecified atom stereocenters. The summed E-state index contributed by atoms with van der Waals surface area (Å²) < 4.78 is 0. The smallest absolute Gasteiger partial charge is 0.242 e. The lowest BCUT2D eigenvalue weighted by Gasteiger charge is -2.32. The molecule has 0 aromatic heterocycles. The number of benzene rings is 1. The lowest BCUT2D eigenvalue weighted by atomic mass is 9.93. The fourth-order valence-electron chi connectivity index (χ4n) is 2.78. The van der Waals surface area contributed by atoms with Crippen molar-refractivity contribution in [1.29, 1.82) is 0 Å². The number of nitrogens with one attached hydrogen (secondary N) is 2. The fourth-order valence-corrected chi connectivity index (χ4v) is 2.78. The Kier molecular flexibility index (Phi) is 5.73. The Bertz CT molecular complexity index is 669. The number of carbonyl (C=O) groups is 3. The molecule has 1 aromatic carbocycles. The highest BCUT2D eigenvalue weighted by Gasteiger charge is 2.28. The minimum atomic E-state index is -0.613. The number of hydrogen-bond donors (Lipinski definition) is 2. The molecule has 0 fully saturated rings. The molecule has 1 aliphatic heterocycles. The van der Waals surface area contributed by atoms with E-state index in [-0.39, 0.29) is 30.2 Å². The van der Waals surface area contributed by atoms with Crippen LogP contribution in [0.4, 0.5) is 0 Å². The molecule has 2 rings (SSSR count). The van der Waals surface area contributed by atoms with Crippen molar-refractivity contribution in [2.24, 2.45) is 0 Å². The number of carbonyl (C=O) groups excluding carboxylic acids is 3. The molecule has 6 heteroatoms. The van der Waals surface area contributed by atoms with Crippen LogP contribution in [0.15, 0.2) is 30.5 Å². The van der Waals surface area contributed by atoms with E-state index in [2.05, 4.69) is 10.6 Å². The van der Waals surface area contributed by atoms with Crippen molar-refractivity contribution >= 4 is 23.8 Å². The van der Waals surface area contributed by atoms with E-state index >= 15 is 0 Å². The molecule has 0 spiro atoms. The van der Waals surface area contributed by atoms with Gasteiger partial charge in [-0.15, -0.1) is 0 Å². The molecule has 0 saturated carbocycles. The van der Waals surface area contributed by atoms with Crippen LogP contribution in [0.3, 0.4) is 0 Å². The molecule has 24 heavy (non-hydrogen) atoms. The third kappa shape index (κ3) is 4.01. The average Bonchev–Trinajstić information content (AvgIpc) is 2.54. The van der Waals surface area contributed by atoms with Crippen molar-refractivity contribution < 1.29 is 14.4 Å². The molecule has 0 aliphatic carbocycles. The summed E-state index contributed by atoms with van der Waals surface area (Å²) in [5, 5.41) is 5.36. The Morgan fingerprint density at radius 3 is 2.62 bits per heavy atom. The van der Waals surface area contributed by atoms with Crippen LogP contribution in [0.25, 0.3) is 6.08 Å². The predicted octanol–water partition coefficient (Wildman–Crippen LogP) is 1.59. The molecule has 1 heterocycles. The molecule has 2 atom stereocenters. The minimum absolute atomic E-state index is 0.102. The van der Waals surface area contributed by atoms with Gasteiger partial charge in [0.2, 0.25) is 17.7 Å². The van der Waals surface area contributed by atoms with Gasteiger partial charge in [-0.05, 0) is 31.1 Å². The molecule has 6 nitrogen and oxygen atoms in total. The Hall–Kier alpha value is -2.63. The Morgan fingerprint density at radius 1 is 1.25 bits per heavy atom. The summed E-state index contributed by atoms with van der Waals surface area (Å²) in [6.45, 7) is 5.45. The maximum absolute atomic E-state index is 12.4. The predicted molar refractivity (Wildman–Crippen MR) is 91.6 cm³/mol. The van der Waals surface area contributed by atoms with Gasteiger partial charge in [-0.2, -0.15) is 0 Å². The minimum Gasteiger partial charge on any atom is -0.355 e. The third-order valence-corrected chi connectivity index (χ3v) is 3.97. The summed E-state index contributed by atoms with van der Waals surface area (Å²) in [6, 6.07) is 6.69. The molecule has 0 radical (unpaired) electrons. The SMILES string of the molecule is CCNC(=O)[C@@H](C)NC(=O)C[C@H]1c2ccccc2C=CN1C(C)=O. The number of likely N-dealkylation sites (N-methyl/N-ethyl adjacent to an activating group) is 1. The van der Waals surface area contributed by atoms with Crippen molar-refractivity contribution in [3.05, 3.63) is 41.6 Å². The van der Waals surface area contributed by atoms with Crippen LogP contribution < -0.4 is 10.6 Å². The van der Waals surface area contributed by atoms with Gasteiger partial charge in [0.15, 0.2) is 0 Å². The fraction of sp³-hybridized carbons (Fsp3) is 0.389. The first-order valence-electron chi connectivity index (χ1n) is 8.07. The van der Waals surface area contributed by atoms with Crippen LogP contribution in [0.5, 0.6) is 0 Å². The van der Waals surface area contributed by atoms with Gasteiger partial charge in [0.1, 0.15) is 6.04 Å². The van der Waals surface area contributed by atoms with Gasteiger partial charge in [0.05, 0.1) is 12.5 Å². The van der Waals surface area contributed by atoms with Crippen molar-refractivity contribution in [2.45, 2.75) is 39.3 Å². The molecule has 128 valence electrons. The number of hydrogen-bond acceptors (Lipinski definition) is 3. The third-order valence-electron chi connectivity index (χ3n) is 3.97. The normalized spacial score (nSPS) is 17.0. The highest BCUT2D eigenvalue weighted by atomic mass is 16.2. The molecular formula is C18H23N3O3. The second kappa shape index (κ2) is 7.77. The highest BCUT2D eigenvalue weighted by Crippen LogP contribution is 2.32. The second-order valence-corrected chi connectivity index (χ2v) is 5.77. The first-order valence-corrected chi connectivity index (χ1v) is 8.07. The summed E-state index contributed by atoms with van der Waals surface area (Å²) in [7, 11) is 0. The summed E-state index contributed by atoms with van der Waals surface area (Å²) in [6.07, 6.45) is 3.67. The van der Waals surface area contributed by atoms with Crippen LogP contribution in [-0.4, -0.2) is 35.2 Å². The zero-order valence-corrected chi connectivity index (χ0v) is 14.2. The quantitative estimate of drug-likeness (QED) is 0.861. The van der Waals surface area contributed by atoms with Gasteiger partial charge in [-0.25, -0.2) is 0 Å². The number of rotatable bonds is 5. The van der Waals surface area contributed by atoms with E-state index in [1.54, 1.807) is 18.0 Å². The Labute approximate surface area is 141 Å². The zero-order chi connectivity index (χ0) is 17.7. The molecule has 2 N–H and O–H groups in total. The molecule has 1 aromatic rings. The van der Waals surface area contributed by atoms with Crippen molar-refractivity contribution in [1.82, 2.24) is 15.5 Å².